The molecule has 0 spiro atoms. The van der Waals surface area contributed by atoms with Gasteiger partial charge in [-0.2, -0.15) is 87.8 Å². The zero-order valence-corrected chi connectivity index (χ0v) is 22.6. The largest absolute Gasteiger partial charge is 0.455 e. The van der Waals surface area contributed by atoms with E-state index in [1.165, 1.54) is 0 Å². The molecule has 0 amide bonds. The maximum Gasteiger partial charge on any atom is 0.384 e. The summed E-state index contributed by atoms with van der Waals surface area (Å²) in [5.74, 6) is -80.0. The van der Waals surface area contributed by atoms with Gasteiger partial charge >= 0.3 is 84.0 Å². The molecule has 1 aromatic carbocycles. The van der Waals surface area contributed by atoms with Gasteiger partial charge in [-0.05, 0) is 24.3 Å². The Hall–Kier alpha value is -3.52. The molecular weight excluding hydrogens is 784 g/mol. The van der Waals surface area contributed by atoms with Crippen LogP contribution in [0.4, 0.5) is 105 Å². The normalized spacial score (nSPS) is 15.1. The van der Waals surface area contributed by atoms with Crippen LogP contribution in [-0.2, 0) is 9.47 Å². The highest BCUT2D eigenvalue weighted by atomic mass is 19.4. The van der Waals surface area contributed by atoms with Crippen LogP contribution >= 0.6 is 0 Å². The van der Waals surface area contributed by atoms with E-state index in [2.05, 4.69) is 9.47 Å². The van der Waals surface area contributed by atoms with Gasteiger partial charge in [-0.25, -0.2) is 27.2 Å². The number of esters is 2. The van der Waals surface area contributed by atoms with E-state index < -0.39 is 108 Å². The Morgan fingerprint density at radius 1 is 0.420 bits per heavy atom. The van der Waals surface area contributed by atoms with Gasteiger partial charge in [0.05, 0.1) is 11.1 Å². The first-order chi connectivity index (χ1) is 21.9. The number of rotatable bonds is 16. The number of benzene rings is 1. The van der Waals surface area contributed by atoms with Crippen molar-refractivity contribution in [3.8, 4) is 0 Å². The monoisotopic (exact) mass is 794 g/mol. The van der Waals surface area contributed by atoms with Crippen molar-refractivity contribution in [1.29, 1.82) is 0 Å². The van der Waals surface area contributed by atoms with Crippen LogP contribution in [0.1, 0.15) is 20.7 Å². The second-order valence-electron chi connectivity index (χ2n) is 9.43. The minimum Gasteiger partial charge on any atom is -0.455 e. The molecule has 290 valence electrons. The van der Waals surface area contributed by atoms with Gasteiger partial charge in [0.1, 0.15) is 0 Å². The van der Waals surface area contributed by atoms with Crippen molar-refractivity contribution in [3.63, 3.8) is 0 Å². The molecule has 0 bridgehead atoms. The molecule has 0 unspecified atom stereocenters. The molecule has 0 saturated carbocycles. The Morgan fingerprint density at radius 2 is 0.640 bits per heavy atom. The lowest BCUT2D eigenvalue weighted by Gasteiger charge is -2.38. The maximum atomic E-state index is 13.8. The van der Waals surface area contributed by atoms with E-state index in [4.69, 9.17) is 0 Å². The first kappa shape index (κ1) is 44.5. The minimum atomic E-state index is -7.98. The first-order valence-electron chi connectivity index (χ1n) is 11.7. The zero-order valence-electron chi connectivity index (χ0n) is 22.6. The Morgan fingerprint density at radius 3 is 0.840 bits per heavy atom. The molecule has 1 rings (SSSR count). The number of ether oxygens (including phenoxy) is 2. The van der Waals surface area contributed by atoms with E-state index >= 15 is 0 Å². The van der Waals surface area contributed by atoms with E-state index in [0.29, 0.717) is 0 Å². The van der Waals surface area contributed by atoms with Crippen LogP contribution in [0.2, 0.25) is 0 Å². The van der Waals surface area contributed by atoms with Crippen molar-refractivity contribution >= 4 is 11.9 Å². The first-order valence-corrected chi connectivity index (χ1v) is 11.7. The molecule has 0 N–H and O–H groups in total. The van der Waals surface area contributed by atoms with Gasteiger partial charge in [-0.1, -0.05) is 0 Å². The van der Waals surface area contributed by atoms with E-state index in [0.717, 1.165) is 0 Å². The van der Waals surface area contributed by atoms with Gasteiger partial charge in [-0.15, -0.1) is 0 Å². The molecule has 0 aliphatic carbocycles. The Labute approximate surface area is 258 Å². The Kier molecular flexibility index (Phi) is 11.8. The molecule has 0 fully saturated rings. The highest BCUT2D eigenvalue weighted by molar-refractivity contribution is 5.93. The lowest BCUT2D eigenvalue weighted by atomic mass is 9.94. The molecule has 0 heterocycles. The number of carbonyl (C=O) groups is 2. The third-order valence-electron chi connectivity index (χ3n) is 6.01. The van der Waals surface area contributed by atoms with Crippen LogP contribution in [0.3, 0.4) is 0 Å². The summed E-state index contributed by atoms with van der Waals surface area (Å²) < 4.78 is 323. The fraction of sp³-hybridized carbons (Fsp3) is 0.636. The van der Waals surface area contributed by atoms with Crippen molar-refractivity contribution in [2.75, 3.05) is 13.2 Å². The van der Waals surface area contributed by atoms with Crippen LogP contribution in [0.25, 0.3) is 0 Å². The molecule has 28 heteroatoms. The van der Waals surface area contributed by atoms with E-state index in [1.54, 1.807) is 0 Å². The second kappa shape index (κ2) is 13.2. The number of hydrogen-bond acceptors (Lipinski definition) is 4. The summed E-state index contributed by atoms with van der Waals surface area (Å²) >= 11 is 0. The van der Waals surface area contributed by atoms with Gasteiger partial charge < -0.3 is 9.47 Å². The van der Waals surface area contributed by atoms with Crippen molar-refractivity contribution < 1.29 is 124 Å². The van der Waals surface area contributed by atoms with Crippen LogP contribution in [-0.4, -0.2) is 97.2 Å². The topological polar surface area (TPSA) is 52.6 Å². The summed E-state index contributed by atoms with van der Waals surface area (Å²) in [6, 6.07) is 0.314. The molecular formula is C22H10F24O4. The van der Waals surface area contributed by atoms with Gasteiger partial charge in [0.25, 0.3) is 0 Å². The predicted molar refractivity (Wildman–Crippen MR) is 108 cm³/mol. The van der Waals surface area contributed by atoms with Crippen LogP contribution in [0.15, 0.2) is 24.3 Å². The Balaban J connectivity index is 3.11. The van der Waals surface area contributed by atoms with E-state index in [9.17, 15) is 115 Å². The summed E-state index contributed by atoms with van der Waals surface area (Å²) in [6.07, 6.45) is -11.6. The fourth-order valence-electron chi connectivity index (χ4n) is 2.95. The van der Waals surface area contributed by atoms with Crippen LogP contribution < -0.4 is 0 Å². The second-order valence-corrected chi connectivity index (χ2v) is 9.43. The lowest BCUT2D eigenvalue weighted by molar-refractivity contribution is -0.414. The Bertz CT molecular complexity index is 1270. The number of hydrogen-bond donors (Lipinski definition) is 0. The average molecular weight is 794 g/mol. The van der Waals surface area contributed by atoms with Crippen molar-refractivity contribution in [2.45, 2.75) is 72.1 Å². The zero-order chi connectivity index (χ0) is 40.1. The third kappa shape index (κ3) is 6.89. The summed E-state index contributed by atoms with van der Waals surface area (Å²) in [6.45, 7) is -6.80. The van der Waals surface area contributed by atoms with Gasteiger partial charge in [0.2, 0.25) is 0 Å². The molecule has 1 aromatic rings. The number of halogens is 24. The number of alkyl halides is 24. The van der Waals surface area contributed by atoms with Gasteiger partial charge in [0.15, 0.2) is 13.2 Å². The average Bonchev–Trinajstić information content (AvgIpc) is 2.97. The lowest BCUT2D eigenvalue weighted by Crippen LogP contribution is -2.69. The molecule has 0 aliphatic rings. The third-order valence-corrected chi connectivity index (χ3v) is 6.01. The fourth-order valence-corrected chi connectivity index (χ4v) is 2.95. The number of carbonyl (C=O) groups excluding carboxylic acids is 2. The molecule has 0 saturated heterocycles. The summed E-state index contributed by atoms with van der Waals surface area (Å²) in [5, 5.41) is 0. The van der Waals surface area contributed by atoms with E-state index in [-0.39, 0.29) is 24.3 Å². The van der Waals surface area contributed by atoms with Crippen molar-refractivity contribution in [3.05, 3.63) is 35.4 Å². The smallest absolute Gasteiger partial charge is 0.384 e. The quantitative estimate of drug-likeness (QED) is 0.124. The summed E-state index contributed by atoms with van der Waals surface area (Å²) in [5.41, 5.74) is -2.58. The van der Waals surface area contributed by atoms with Gasteiger partial charge in [0, 0.05) is 0 Å². The molecule has 0 aromatic heterocycles. The van der Waals surface area contributed by atoms with Crippen molar-refractivity contribution in [1.82, 2.24) is 0 Å². The molecule has 4 nitrogen and oxygen atoms in total. The van der Waals surface area contributed by atoms with E-state index in [1.807, 2.05) is 0 Å². The molecule has 50 heavy (non-hydrogen) atoms. The summed E-state index contributed by atoms with van der Waals surface area (Å²) in [7, 11) is 0. The maximum absolute atomic E-state index is 13.8. The van der Waals surface area contributed by atoms with Gasteiger partial charge in [-0.3, -0.25) is 0 Å². The molecule has 0 aliphatic heterocycles. The molecule has 0 radical (unpaired) electrons. The van der Waals surface area contributed by atoms with Crippen molar-refractivity contribution in [2.24, 2.45) is 0 Å². The highest BCUT2D eigenvalue weighted by Crippen LogP contribution is 2.59. The van der Waals surface area contributed by atoms with Crippen LogP contribution in [0.5, 0.6) is 0 Å². The highest BCUT2D eigenvalue weighted by Gasteiger charge is 2.89. The minimum absolute atomic E-state index is 0.0784. The standard InChI is InChI=1S/C22H10F24O4/c23-11(24)15(31,32)19(39,40)21(43,44)17(35,36)13(27,28)5-49-9(47)7-1-2-8(4-3-7)10(48)50-6-14(29,30)18(37,38)22(45,46)20(41,42)16(33,34)12(25)26/h1-4,11-12H,5-6H2. The van der Waals surface area contributed by atoms with Crippen LogP contribution in [0, 0.1) is 0 Å². The molecule has 0 atom stereocenters. The summed E-state index contributed by atoms with van der Waals surface area (Å²) in [4.78, 5) is 23.5. The predicted octanol–water partition coefficient (Wildman–Crippen LogP) is 8.88. The SMILES string of the molecule is O=C(OCC(F)(F)C(F)(F)C(F)(F)C(F)(F)C(F)(F)C(F)F)c1ccc(C(=O)OCC(F)(F)C(F)(F)C(F)(F)C(F)(F)C(F)(F)C(F)F)cc1.